The van der Waals surface area contributed by atoms with E-state index in [1.54, 1.807) is 0 Å². The summed E-state index contributed by atoms with van der Waals surface area (Å²) >= 11 is 0. The van der Waals surface area contributed by atoms with E-state index in [-0.39, 0.29) is 29.7 Å². The third kappa shape index (κ3) is 3.35. The lowest BCUT2D eigenvalue weighted by molar-refractivity contribution is -0.124. The van der Waals surface area contributed by atoms with Crippen LogP contribution in [0.15, 0.2) is 12.1 Å². The maximum Gasteiger partial charge on any atom is 0.223 e. The van der Waals surface area contributed by atoms with Crippen LogP contribution in [-0.2, 0) is 4.79 Å². The first-order valence-electron chi connectivity index (χ1n) is 7.46. The number of hydrogen-bond donors (Lipinski definition) is 2. The highest BCUT2D eigenvalue weighted by Crippen LogP contribution is 2.36. The number of hydrogen-bond acceptors (Lipinski definition) is 3. The number of fused-ring (bicyclic) bond motifs is 1. The Hall–Kier alpha value is -1.62. The third-order valence-corrected chi connectivity index (χ3v) is 3.83. The van der Waals surface area contributed by atoms with Crippen LogP contribution in [0.4, 0.5) is 4.39 Å². The zero-order valence-corrected chi connectivity index (χ0v) is 12.8. The van der Waals surface area contributed by atoms with Crippen LogP contribution in [0.25, 0.3) is 0 Å². The number of rotatable bonds is 4. The van der Waals surface area contributed by atoms with Gasteiger partial charge in [-0.3, -0.25) is 4.79 Å². The number of carbonyl (C=O) groups is 1. The fourth-order valence-corrected chi connectivity index (χ4v) is 2.42. The summed E-state index contributed by atoms with van der Waals surface area (Å²) in [4.78, 5) is 11.9. The lowest BCUT2D eigenvalue weighted by Crippen LogP contribution is -2.35. The highest BCUT2D eigenvalue weighted by atomic mass is 19.1. The van der Waals surface area contributed by atoms with Gasteiger partial charge in [-0.05, 0) is 24.1 Å². The summed E-state index contributed by atoms with van der Waals surface area (Å²) in [5.74, 6) is -0.321. The van der Waals surface area contributed by atoms with E-state index in [1.807, 2.05) is 26.8 Å². The van der Waals surface area contributed by atoms with Crippen molar-refractivity contribution in [3.63, 3.8) is 0 Å². The third-order valence-electron chi connectivity index (χ3n) is 3.83. The molecule has 0 bridgehead atoms. The predicted molar refractivity (Wildman–Crippen MR) is 79.5 cm³/mol. The molecule has 0 aromatic heterocycles. The minimum absolute atomic E-state index is 0.0431. The Balaban J connectivity index is 2.35. The van der Waals surface area contributed by atoms with E-state index < -0.39 is 5.82 Å². The second kappa shape index (κ2) is 6.43. The number of halogens is 1. The van der Waals surface area contributed by atoms with Gasteiger partial charge in [-0.25, -0.2) is 4.39 Å². The average molecular weight is 294 g/mol. The van der Waals surface area contributed by atoms with Gasteiger partial charge in [0.2, 0.25) is 5.91 Å². The van der Waals surface area contributed by atoms with Crippen LogP contribution >= 0.6 is 0 Å². The second-order valence-electron chi connectivity index (χ2n) is 5.79. The SMILES string of the molecule is CCC(N)c1cc(F)c2c(c1)C(NC(=O)C(C)C)CCO2. The van der Waals surface area contributed by atoms with Crippen LogP contribution in [0.2, 0.25) is 0 Å². The monoisotopic (exact) mass is 294 g/mol. The summed E-state index contributed by atoms with van der Waals surface area (Å²) in [5.41, 5.74) is 7.42. The Labute approximate surface area is 124 Å². The van der Waals surface area contributed by atoms with Crippen molar-refractivity contribution in [2.24, 2.45) is 11.7 Å². The Morgan fingerprint density at radius 1 is 1.52 bits per heavy atom. The molecule has 21 heavy (non-hydrogen) atoms. The lowest BCUT2D eigenvalue weighted by atomic mass is 9.94. The molecule has 4 nitrogen and oxygen atoms in total. The Kier molecular flexibility index (Phi) is 4.83. The van der Waals surface area contributed by atoms with Gasteiger partial charge in [0.1, 0.15) is 0 Å². The molecule has 2 atom stereocenters. The van der Waals surface area contributed by atoms with Crippen molar-refractivity contribution in [3.05, 3.63) is 29.1 Å². The van der Waals surface area contributed by atoms with Crippen molar-refractivity contribution in [2.45, 2.75) is 45.7 Å². The van der Waals surface area contributed by atoms with Gasteiger partial charge in [0.25, 0.3) is 0 Å². The summed E-state index contributed by atoms with van der Waals surface area (Å²) < 4.78 is 19.6. The van der Waals surface area contributed by atoms with E-state index in [4.69, 9.17) is 10.5 Å². The number of amides is 1. The zero-order valence-electron chi connectivity index (χ0n) is 12.8. The van der Waals surface area contributed by atoms with Crippen molar-refractivity contribution in [1.29, 1.82) is 0 Å². The Bertz CT molecular complexity index is 531. The highest BCUT2D eigenvalue weighted by Gasteiger charge is 2.27. The molecule has 2 unspecified atom stereocenters. The molecule has 0 fully saturated rings. The van der Waals surface area contributed by atoms with Gasteiger partial charge in [0.05, 0.1) is 12.6 Å². The van der Waals surface area contributed by atoms with Gasteiger partial charge in [0.15, 0.2) is 11.6 Å². The van der Waals surface area contributed by atoms with Gasteiger partial charge in [-0.1, -0.05) is 20.8 Å². The van der Waals surface area contributed by atoms with Crippen LogP contribution in [0.1, 0.15) is 56.8 Å². The molecular weight excluding hydrogens is 271 g/mol. The molecule has 1 aliphatic heterocycles. The summed E-state index contributed by atoms with van der Waals surface area (Å²) in [7, 11) is 0. The fourth-order valence-electron chi connectivity index (χ4n) is 2.42. The smallest absolute Gasteiger partial charge is 0.223 e. The first-order chi connectivity index (χ1) is 9.93. The van der Waals surface area contributed by atoms with Crippen LogP contribution in [0.3, 0.4) is 0 Å². The largest absolute Gasteiger partial charge is 0.490 e. The first kappa shape index (κ1) is 15.8. The quantitative estimate of drug-likeness (QED) is 0.897. The highest BCUT2D eigenvalue weighted by molar-refractivity contribution is 5.78. The maximum atomic E-state index is 14.2. The Morgan fingerprint density at radius 2 is 2.24 bits per heavy atom. The molecule has 1 aromatic rings. The molecule has 0 radical (unpaired) electrons. The molecule has 0 aliphatic carbocycles. The fraction of sp³-hybridized carbons (Fsp3) is 0.562. The normalized spacial score (nSPS) is 18.9. The number of nitrogens with two attached hydrogens (primary N) is 1. The van der Waals surface area contributed by atoms with Crippen molar-refractivity contribution in [3.8, 4) is 5.75 Å². The van der Waals surface area contributed by atoms with E-state index in [2.05, 4.69) is 5.32 Å². The van der Waals surface area contributed by atoms with Gasteiger partial charge >= 0.3 is 0 Å². The molecule has 1 heterocycles. The molecule has 5 heteroatoms. The molecule has 1 aliphatic rings. The van der Waals surface area contributed by atoms with Crippen LogP contribution in [0.5, 0.6) is 5.75 Å². The molecule has 2 rings (SSSR count). The predicted octanol–water partition coefficient (Wildman–Crippen LogP) is 2.83. The number of benzene rings is 1. The molecule has 116 valence electrons. The topological polar surface area (TPSA) is 64.3 Å². The molecule has 0 saturated heterocycles. The summed E-state index contributed by atoms with van der Waals surface area (Å²) in [6.07, 6.45) is 1.36. The Morgan fingerprint density at radius 3 is 2.86 bits per heavy atom. The van der Waals surface area contributed by atoms with Crippen molar-refractivity contribution >= 4 is 5.91 Å². The molecule has 0 saturated carbocycles. The van der Waals surface area contributed by atoms with Crippen molar-refractivity contribution < 1.29 is 13.9 Å². The van der Waals surface area contributed by atoms with Crippen LogP contribution in [-0.4, -0.2) is 12.5 Å². The first-order valence-corrected chi connectivity index (χ1v) is 7.46. The maximum absolute atomic E-state index is 14.2. The van der Waals surface area contributed by atoms with Gasteiger partial charge in [-0.15, -0.1) is 0 Å². The van der Waals surface area contributed by atoms with Crippen LogP contribution in [0, 0.1) is 11.7 Å². The van der Waals surface area contributed by atoms with Crippen molar-refractivity contribution in [1.82, 2.24) is 5.32 Å². The van der Waals surface area contributed by atoms with Crippen LogP contribution < -0.4 is 15.8 Å². The van der Waals surface area contributed by atoms with E-state index in [9.17, 15) is 9.18 Å². The van der Waals surface area contributed by atoms with Crippen molar-refractivity contribution in [2.75, 3.05) is 6.61 Å². The number of ether oxygens (including phenoxy) is 1. The molecule has 1 aromatic carbocycles. The summed E-state index contributed by atoms with van der Waals surface area (Å²) in [6, 6.07) is 2.85. The average Bonchev–Trinajstić information content (AvgIpc) is 2.46. The number of carbonyl (C=O) groups excluding carboxylic acids is 1. The van der Waals surface area contributed by atoms with E-state index in [0.717, 1.165) is 12.0 Å². The summed E-state index contributed by atoms with van der Waals surface area (Å²) in [5, 5.41) is 2.96. The number of nitrogens with one attached hydrogen (secondary N) is 1. The zero-order chi connectivity index (χ0) is 15.6. The van der Waals surface area contributed by atoms with Gasteiger partial charge in [-0.2, -0.15) is 0 Å². The minimum atomic E-state index is -0.408. The van der Waals surface area contributed by atoms with E-state index >= 15 is 0 Å². The lowest BCUT2D eigenvalue weighted by Gasteiger charge is -2.28. The minimum Gasteiger partial charge on any atom is -0.490 e. The standard InChI is InChI=1S/C16H23FN2O2/c1-4-13(18)10-7-11-14(19-16(20)9(2)3)5-6-21-15(11)12(17)8-10/h7-9,13-14H,4-6,18H2,1-3H3,(H,19,20). The molecule has 1 amide bonds. The van der Waals surface area contributed by atoms with E-state index in [0.29, 0.717) is 18.6 Å². The molecular formula is C16H23FN2O2. The summed E-state index contributed by atoms with van der Waals surface area (Å²) in [6.45, 7) is 6.02. The van der Waals surface area contributed by atoms with Gasteiger partial charge < -0.3 is 15.8 Å². The second-order valence-corrected chi connectivity index (χ2v) is 5.79. The molecule has 3 N–H and O–H groups in total. The van der Waals surface area contributed by atoms with E-state index in [1.165, 1.54) is 6.07 Å². The van der Waals surface area contributed by atoms with Gasteiger partial charge in [0, 0.05) is 23.9 Å². The molecule has 0 spiro atoms.